The van der Waals surface area contributed by atoms with Crippen LogP contribution < -0.4 is 0 Å². The van der Waals surface area contributed by atoms with Gasteiger partial charge in [-0.25, -0.2) is 0 Å². The van der Waals surface area contributed by atoms with Gasteiger partial charge in [0.15, 0.2) is 0 Å². The number of nitrogens with zero attached hydrogens (tertiary/aromatic N) is 3. The highest BCUT2D eigenvalue weighted by Gasteiger charge is 2.36. The van der Waals surface area contributed by atoms with Crippen molar-refractivity contribution in [2.75, 3.05) is 26.8 Å². The first-order chi connectivity index (χ1) is 12.7. The van der Waals surface area contributed by atoms with Gasteiger partial charge in [-0.05, 0) is 34.0 Å². The molecule has 2 aromatic rings. The van der Waals surface area contributed by atoms with Crippen molar-refractivity contribution < 1.29 is 14.3 Å². The van der Waals surface area contributed by atoms with Gasteiger partial charge in [0, 0.05) is 52.1 Å². The fourth-order valence-electron chi connectivity index (χ4n) is 3.13. The molecule has 0 saturated carbocycles. The summed E-state index contributed by atoms with van der Waals surface area (Å²) in [6.07, 6.45) is 3.73. The van der Waals surface area contributed by atoms with Crippen molar-refractivity contribution in [3.8, 4) is 0 Å². The lowest BCUT2D eigenvalue weighted by Gasteiger charge is -2.25. The van der Waals surface area contributed by atoms with Crippen molar-refractivity contribution >= 4 is 23.2 Å². The molecule has 3 heterocycles. The molecule has 1 fully saturated rings. The average Bonchev–Trinajstić information content (AvgIpc) is 3.29. The molecule has 0 bridgehead atoms. The number of ether oxygens (including phenoxy) is 1. The van der Waals surface area contributed by atoms with E-state index in [-0.39, 0.29) is 24.2 Å². The second-order valence-electron chi connectivity index (χ2n) is 6.42. The molecule has 26 heavy (non-hydrogen) atoms. The summed E-state index contributed by atoms with van der Waals surface area (Å²) in [5.41, 5.74) is 2.08. The molecule has 0 aromatic carbocycles. The molecule has 1 aliphatic rings. The molecule has 0 spiro atoms. The Kier molecular flexibility index (Phi) is 6.35. The number of methoxy groups -OCH3 is 1. The Morgan fingerprint density at radius 3 is 3.00 bits per heavy atom. The summed E-state index contributed by atoms with van der Waals surface area (Å²) in [7, 11) is 1.63. The second kappa shape index (κ2) is 8.91. The van der Waals surface area contributed by atoms with Crippen molar-refractivity contribution in [3.05, 3.63) is 52.5 Å². The first-order valence-corrected chi connectivity index (χ1v) is 9.57. The highest BCUT2D eigenvalue weighted by Crippen LogP contribution is 2.23. The van der Waals surface area contributed by atoms with E-state index in [2.05, 4.69) is 4.98 Å². The van der Waals surface area contributed by atoms with Gasteiger partial charge in [-0.1, -0.05) is 6.07 Å². The van der Waals surface area contributed by atoms with Gasteiger partial charge in [-0.2, -0.15) is 11.3 Å². The zero-order valence-corrected chi connectivity index (χ0v) is 15.7. The van der Waals surface area contributed by atoms with Crippen molar-refractivity contribution in [3.63, 3.8) is 0 Å². The molecular formula is C19H23N3O3S. The maximum absolute atomic E-state index is 13.0. The molecule has 7 heteroatoms. The maximum Gasteiger partial charge on any atom is 0.228 e. The second-order valence-corrected chi connectivity index (χ2v) is 7.20. The Balaban J connectivity index is 1.64. The molecule has 6 nitrogen and oxygen atoms in total. The van der Waals surface area contributed by atoms with Crippen molar-refractivity contribution in [2.45, 2.75) is 19.5 Å². The SMILES string of the molecule is COCCN(Cc1ccsc1)C(=O)C1CC(=O)N(Cc2cccnc2)C1. The number of amides is 2. The van der Waals surface area contributed by atoms with E-state index in [4.69, 9.17) is 4.74 Å². The van der Waals surface area contributed by atoms with Gasteiger partial charge in [0.1, 0.15) is 0 Å². The minimum absolute atomic E-state index is 0.0226. The zero-order valence-electron chi connectivity index (χ0n) is 14.8. The molecule has 0 radical (unpaired) electrons. The van der Waals surface area contributed by atoms with Crippen LogP contribution in [0.4, 0.5) is 0 Å². The number of hydrogen-bond acceptors (Lipinski definition) is 5. The molecule has 0 N–H and O–H groups in total. The van der Waals surface area contributed by atoms with Crippen LogP contribution in [0.3, 0.4) is 0 Å². The smallest absolute Gasteiger partial charge is 0.228 e. The lowest BCUT2D eigenvalue weighted by Crippen LogP contribution is -2.38. The number of carbonyl (C=O) groups is 2. The average molecular weight is 373 g/mol. The van der Waals surface area contributed by atoms with Crippen molar-refractivity contribution in [1.29, 1.82) is 0 Å². The van der Waals surface area contributed by atoms with Crippen molar-refractivity contribution in [1.82, 2.24) is 14.8 Å². The van der Waals surface area contributed by atoms with Crippen LogP contribution in [0.15, 0.2) is 41.4 Å². The first kappa shape index (κ1) is 18.5. The number of likely N-dealkylation sites (tertiary alicyclic amines) is 1. The van der Waals surface area contributed by atoms with Gasteiger partial charge in [0.05, 0.1) is 12.5 Å². The molecule has 138 valence electrons. The van der Waals surface area contributed by atoms with E-state index in [1.165, 1.54) is 0 Å². The molecule has 1 atom stereocenters. The number of rotatable bonds is 8. The van der Waals surface area contributed by atoms with E-state index in [1.807, 2.05) is 29.0 Å². The van der Waals surface area contributed by atoms with E-state index in [1.54, 1.807) is 40.6 Å². The summed E-state index contributed by atoms with van der Waals surface area (Å²) in [5, 5.41) is 4.05. The van der Waals surface area contributed by atoms with E-state index in [9.17, 15) is 9.59 Å². The number of carbonyl (C=O) groups excluding carboxylic acids is 2. The van der Waals surface area contributed by atoms with Crippen LogP contribution in [0.5, 0.6) is 0 Å². The third-order valence-electron chi connectivity index (χ3n) is 4.49. The zero-order chi connectivity index (χ0) is 18.4. The molecule has 1 aliphatic heterocycles. The van der Waals surface area contributed by atoms with Gasteiger partial charge in [-0.3, -0.25) is 14.6 Å². The maximum atomic E-state index is 13.0. The van der Waals surface area contributed by atoms with E-state index < -0.39 is 0 Å². The van der Waals surface area contributed by atoms with Crippen LogP contribution in [0.25, 0.3) is 0 Å². The lowest BCUT2D eigenvalue weighted by atomic mass is 10.1. The number of thiophene rings is 1. The summed E-state index contributed by atoms with van der Waals surface area (Å²) in [4.78, 5) is 33.0. The van der Waals surface area contributed by atoms with Crippen LogP contribution >= 0.6 is 11.3 Å². The summed E-state index contributed by atoms with van der Waals surface area (Å²) in [6.45, 7) is 2.52. The fraction of sp³-hybridized carbons (Fsp3) is 0.421. The number of hydrogen-bond donors (Lipinski definition) is 0. The van der Waals surface area contributed by atoms with Gasteiger partial charge in [0.25, 0.3) is 0 Å². The predicted molar refractivity (Wildman–Crippen MR) is 99.4 cm³/mol. The lowest BCUT2D eigenvalue weighted by molar-refractivity contribution is -0.137. The van der Waals surface area contributed by atoms with Gasteiger partial charge >= 0.3 is 0 Å². The Morgan fingerprint density at radius 2 is 2.31 bits per heavy atom. The van der Waals surface area contributed by atoms with Gasteiger partial charge in [-0.15, -0.1) is 0 Å². The van der Waals surface area contributed by atoms with Crippen LogP contribution in [0, 0.1) is 5.92 Å². The van der Waals surface area contributed by atoms with Crippen molar-refractivity contribution in [2.24, 2.45) is 5.92 Å². The quantitative estimate of drug-likeness (QED) is 0.711. The largest absolute Gasteiger partial charge is 0.383 e. The molecule has 1 unspecified atom stereocenters. The van der Waals surface area contributed by atoms with Crippen LogP contribution in [-0.4, -0.2) is 53.4 Å². The highest BCUT2D eigenvalue weighted by atomic mass is 32.1. The van der Waals surface area contributed by atoms with Crippen LogP contribution in [0.1, 0.15) is 17.5 Å². The Hall–Kier alpha value is -2.25. The Labute approximate surface area is 157 Å². The Bertz CT molecular complexity index is 721. The van der Waals surface area contributed by atoms with Gasteiger partial charge < -0.3 is 14.5 Å². The monoisotopic (exact) mass is 373 g/mol. The molecule has 1 saturated heterocycles. The number of aromatic nitrogens is 1. The fourth-order valence-corrected chi connectivity index (χ4v) is 3.79. The predicted octanol–water partition coefficient (Wildman–Crippen LogP) is 2.17. The summed E-state index contributed by atoms with van der Waals surface area (Å²) in [5.74, 6) is -0.251. The van der Waals surface area contributed by atoms with E-state index >= 15 is 0 Å². The van der Waals surface area contributed by atoms with E-state index in [0.717, 1.165) is 11.1 Å². The van der Waals surface area contributed by atoms with Crippen LogP contribution in [-0.2, 0) is 27.4 Å². The van der Waals surface area contributed by atoms with E-state index in [0.29, 0.717) is 32.8 Å². The molecular weight excluding hydrogens is 350 g/mol. The Morgan fingerprint density at radius 1 is 1.42 bits per heavy atom. The molecule has 0 aliphatic carbocycles. The minimum atomic E-state index is -0.297. The normalized spacial score (nSPS) is 16.9. The topological polar surface area (TPSA) is 62.7 Å². The summed E-state index contributed by atoms with van der Waals surface area (Å²) in [6, 6.07) is 5.81. The first-order valence-electron chi connectivity index (χ1n) is 8.63. The highest BCUT2D eigenvalue weighted by molar-refractivity contribution is 7.07. The third kappa shape index (κ3) is 4.68. The standard InChI is InChI=1S/C19H23N3O3S/c1-25-7-6-21(12-16-4-8-26-14-16)19(24)17-9-18(23)22(13-17)11-15-3-2-5-20-10-15/h2-5,8,10,14,17H,6-7,9,11-13H2,1H3. The molecule has 2 amide bonds. The van der Waals surface area contributed by atoms with Gasteiger partial charge in [0.2, 0.25) is 11.8 Å². The molecule has 3 rings (SSSR count). The third-order valence-corrected chi connectivity index (χ3v) is 5.22. The minimum Gasteiger partial charge on any atom is -0.383 e. The number of pyridine rings is 1. The molecule has 2 aromatic heterocycles. The summed E-state index contributed by atoms with van der Waals surface area (Å²) < 4.78 is 5.15. The van der Waals surface area contributed by atoms with Crippen LogP contribution in [0.2, 0.25) is 0 Å². The summed E-state index contributed by atoms with van der Waals surface area (Å²) >= 11 is 1.61.